The number of hydrogen-bond acceptors (Lipinski definition) is 7. The number of nitrogens with two attached hydrogens (primary N) is 1. The summed E-state index contributed by atoms with van der Waals surface area (Å²) in [5.74, 6) is 0. The van der Waals surface area contributed by atoms with Gasteiger partial charge in [-0.2, -0.15) is 0 Å². The molecule has 8 rings (SSSR count). The third-order valence-corrected chi connectivity index (χ3v) is 8.91. The molecule has 8 aromatic rings. The first-order valence-electron chi connectivity index (χ1n) is 19.4. The Morgan fingerprint density at radius 1 is 0.383 bits per heavy atom. The van der Waals surface area contributed by atoms with Crippen molar-refractivity contribution in [3.05, 3.63) is 246 Å². The van der Waals surface area contributed by atoms with Crippen molar-refractivity contribution in [3.8, 4) is 0 Å². The zero-order chi connectivity index (χ0) is 41.6. The first kappa shape index (κ1) is 41.5. The number of aliphatic imine (C=N–C) groups is 2. The molecule has 0 unspecified atom stereocenters. The molecule has 0 atom stereocenters. The Morgan fingerprint density at radius 3 is 1.18 bits per heavy atom. The van der Waals surface area contributed by atoms with Crippen molar-refractivity contribution in [2.75, 3.05) is 16.4 Å². The maximum atomic E-state index is 10.2. The lowest BCUT2D eigenvalue weighted by molar-refractivity contribution is 0.112. The summed E-state index contributed by atoms with van der Waals surface area (Å²) in [6.07, 6.45) is 6.16. The van der Waals surface area contributed by atoms with Gasteiger partial charge in [0.05, 0.1) is 11.4 Å². The largest absolute Gasteiger partial charge is 0.399 e. The molecule has 4 N–H and O–H groups in total. The lowest BCUT2D eigenvalue weighted by Crippen LogP contribution is -1.89. The quantitative estimate of drug-likeness (QED) is 0.0649. The summed E-state index contributed by atoms with van der Waals surface area (Å²) in [6.45, 7) is 0. The van der Waals surface area contributed by atoms with Crippen molar-refractivity contribution in [2.45, 2.75) is 6.42 Å². The van der Waals surface area contributed by atoms with Gasteiger partial charge in [-0.05, 0) is 126 Å². The molecular weight excluding hydrogens is 739 g/mol. The van der Waals surface area contributed by atoms with Gasteiger partial charge in [0, 0.05) is 52.0 Å². The van der Waals surface area contributed by atoms with Crippen LogP contribution in [0, 0.1) is 0 Å². The van der Waals surface area contributed by atoms with E-state index in [1.54, 1.807) is 24.3 Å². The molecule has 0 saturated heterocycles. The molecule has 7 nitrogen and oxygen atoms in total. The fraction of sp³-hybridized carbons (Fsp3) is 0.0189. The van der Waals surface area contributed by atoms with Gasteiger partial charge in [0.1, 0.15) is 12.6 Å². The van der Waals surface area contributed by atoms with E-state index in [1.807, 2.05) is 158 Å². The van der Waals surface area contributed by atoms with Gasteiger partial charge in [-0.3, -0.25) is 19.6 Å². The second-order valence-electron chi connectivity index (χ2n) is 13.6. The normalized spacial score (nSPS) is 10.5. The highest BCUT2D eigenvalue weighted by atomic mass is 16.1. The van der Waals surface area contributed by atoms with Crippen molar-refractivity contribution in [3.63, 3.8) is 0 Å². The first-order valence-corrected chi connectivity index (χ1v) is 19.4. The lowest BCUT2D eigenvalue weighted by Gasteiger charge is -2.06. The van der Waals surface area contributed by atoms with Gasteiger partial charge in [0.2, 0.25) is 0 Å². The number of carbonyl (C=O) groups excluding carboxylic acids is 2. The molecule has 0 bridgehead atoms. The van der Waals surface area contributed by atoms with Crippen LogP contribution in [0.2, 0.25) is 0 Å². The summed E-state index contributed by atoms with van der Waals surface area (Å²) in [5, 5.41) is 6.77. The van der Waals surface area contributed by atoms with Gasteiger partial charge in [0.15, 0.2) is 0 Å². The predicted octanol–water partition coefficient (Wildman–Crippen LogP) is 12.8. The van der Waals surface area contributed by atoms with Crippen LogP contribution in [-0.4, -0.2) is 25.0 Å². The molecule has 8 aromatic carbocycles. The fourth-order valence-electron chi connectivity index (χ4n) is 5.83. The molecule has 7 heteroatoms. The molecule has 0 saturated carbocycles. The van der Waals surface area contributed by atoms with E-state index in [9.17, 15) is 9.59 Å². The zero-order valence-electron chi connectivity index (χ0n) is 33.0. The Morgan fingerprint density at radius 2 is 0.750 bits per heavy atom. The lowest BCUT2D eigenvalue weighted by atomic mass is 10.1. The van der Waals surface area contributed by atoms with Gasteiger partial charge in [-0.15, -0.1) is 0 Å². The summed E-state index contributed by atoms with van der Waals surface area (Å²) >= 11 is 0. The minimum atomic E-state index is 0.532. The monoisotopic (exact) mass is 783 g/mol. The summed E-state index contributed by atoms with van der Waals surface area (Å²) < 4.78 is 0. The molecule has 0 aliphatic heterocycles. The van der Waals surface area contributed by atoms with Gasteiger partial charge < -0.3 is 16.4 Å². The smallest absolute Gasteiger partial charge is 0.150 e. The van der Waals surface area contributed by atoms with Crippen LogP contribution in [0.1, 0.15) is 43.0 Å². The van der Waals surface area contributed by atoms with Crippen LogP contribution in [0.3, 0.4) is 0 Å². The van der Waals surface area contributed by atoms with Crippen molar-refractivity contribution < 1.29 is 9.59 Å². The summed E-state index contributed by atoms with van der Waals surface area (Å²) in [5.41, 5.74) is 18.2. The minimum absolute atomic E-state index is 0.532. The maximum absolute atomic E-state index is 10.2. The number of nitrogen functional groups attached to an aromatic ring is 1. The van der Waals surface area contributed by atoms with E-state index >= 15 is 0 Å². The van der Waals surface area contributed by atoms with Crippen LogP contribution >= 0.6 is 0 Å². The van der Waals surface area contributed by atoms with E-state index in [2.05, 4.69) is 63.1 Å². The number of hydrogen-bond donors (Lipinski definition) is 3. The average molecular weight is 784 g/mol. The van der Waals surface area contributed by atoms with Crippen molar-refractivity contribution >= 4 is 64.8 Å². The predicted molar refractivity (Wildman–Crippen MR) is 251 cm³/mol. The summed E-state index contributed by atoms with van der Waals surface area (Å²) in [7, 11) is 0. The van der Waals surface area contributed by atoms with Crippen molar-refractivity contribution in [2.24, 2.45) is 9.98 Å². The number of nitrogens with zero attached hydrogens (tertiary/aromatic N) is 2. The molecule has 0 spiro atoms. The average Bonchev–Trinajstić information content (AvgIpc) is 3.31. The maximum Gasteiger partial charge on any atom is 0.150 e. The molecule has 0 aromatic heterocycles. The standard InChI is InChI=1S/C32H26N4.C13H13N.C8H6O2/c1-3-10-29(11-4-1)35-31-18-14-27(15-19-31)33-23-25-8-7-9-26(22-25)24-34-28-16-20-32(21-17-28)36-30-12-5-2-6-13-30;14-13-8-6-12(7-9-13)10-11-4-2-1-3-5-11;9-5-7-2-1-3-8(4-7)6-10/h1-24,35-36H;1-9H,10,14H2;1-6H. The number of para-hydroxylation sites is 2. The van der Waals surface area contributed by atoms with Crippen LogP contribution in [0.4, 0.5) is 39.8 Å². The Hall–Kier alpha value is -8.16. The highest BCUT2D eigenvalue weighted by Gasteiger charge is 1.98. The Kier molecular flexibility index (Phi) is 15.6. The molecular formula is C53H45N5O2. The summed E-state index contributed by atoms with van der Waals surface area (Å²) in [6, 6.07) is 69.5. The number of aldehydes is 2. The number of carbonyl (C=O) groups is 2. The second-order valence-corrected chi connectivity index (χ2v) is 13.6. The summed E-state index contributed by atoms with van der Waals surface area (Å²) in [4.78, 5) is 29.6. The van der Waals surface area contributed by atoms with Crippen molar-refractivity contribution in [1.29, 1.82) is 0 Å². The van der Waals surface area contributed by atoms with Gasteiger partial charge in [-0.25, -0.2) is 0 Å². The van der Waals surface area contributed by atoms with Crippen LogP contribution in [0.25, 0.3) is 0 Å². The number of anilines is 5. The molecule has 60 heavy (non-hydrogen) atoms. The van der Waals surface area contributed by atoms with Crippen LogP contribution < -0.4 is 16.4 Å². The highest BCUT2D eigenvalue weighted by molar-refractivity contribution is 5.88. The SMILES string of the molecule is C(=Nc1ccc(Nc2ccccc2)cc1)c1cccc(C=Nc2ccc(Nc3ccccc3)cc2)c1.Nc1ccc(Cc2ccccc2)cc1.O=Cc1cccc(C=O)c1. The van der Waals surface area contributed by atoms with Gasteiger partial charge in [0.25, 0.3) is 0 Å². The van der Waals surface area contributed by atoms with E-state index in [0.717, 1.165) is 57.4 Å². The molecule has 0 amide bonds. The van der Waals surface area contributed by atoms with E-state index in [-0.39, 0.29) is 0 Å². The molecule has 0 radical (unpaired) electrons. The first-order chi connectivity index (χ1) is 29.5. The third-order valence-electron chi connectivity index (χ3n) is 8.91. The van der Waals surface area contributed by atoms with E-state index < -0.39 is 0 Å². The second kappa shape index (κ2) is 22.5. The highest BCUT2D eigenvalue weighted by Crippen LogP contribution is 2.22. The topological polar surface area (TPSA) is 109 Å². The van der Waals surface area contributed by atoms with E-state index in [1.165, 1.54) is 11.1 Å². The number of benzene rings is 8. The van der Waals surface area contributed by atoms with Crippen LogP contribution in [0.15, 0.2) is 222 Å². The zero-order valence-corrected chi connectivity index (χ0v) is 33.0. The van der Waals surface area contributed by atoms with Crippen LogP contribution in [-0.2, 0) is 6.42 Å². The minimum Gasteiger partial charge on any atom is -0.399 e. The van der Waals surface area contributed by atoms with Gasteiger partial charge >= 0.3 is 0 Å². The number of nitrogens with one attached hydrogen (secondary N) is 2. The molecule has 0 heterocycles. The number of rotatable bonds is 12. The molecule has 294 valence electrons. The Bertz CT molecular complexity index is 2440. The van der Waals surface area contributed by atoms with E-state index in [0.29, 0.717) is 23.7 Å². The molecule has 0 aliphatic rings. The van der Waals surface area contributed by atoms with E-state index in [4.69, 9.17) is 5.73 Å². The fourth-order valence-corrected chi connectivity index (χ4v) is 5.83. The molecule has 0 aliphatic carbocycles. The molecule has 0 fully saturated rings. The Labute approximate surface area is 351 Å². The van der Waals surface area contributed by atoms with Gasteiger partial charge in [-0.1, -0.05) is 115 Å². The van der Waals surface area contributed by atoms with Crippen LogP contribution in [0.5, 0.6) is 0 Å². The van der Waals surface area contributed by atoms with Crippen molar-refractivity contribution in [1.82, 2.24) is 0 Å². The third kappa shape index (κ3) is 14.1. The Balaban J connectivity index is 0.000000204.